The Hall–Kier alpha value is -0.640. The number of aliphatic hydroxyl groups excluding tert-OH is 8. The number of ether oxygens (including phenoxy) is 5. The normalized spacial score (nSPS) is 53.3. The minimum absolute atomic E-state index is 0.389. The number of fused-ring (bicyclic) bond motifs is 1. The minimum Gasteiger partial charge on any atom is -0.395 e. The summed E-state index contributed by atoms with van der Waals surface area (Å²) in [5.74, 6) is -2.47. The van der Waals surface area contributed by atoms with E-state index in [1.165, 1.54) is 0 Å². The first kappa shape index (κ1) is 29.3. The van der Waals surface area contributed by atoms with Gasteiger partial charge in [0, 0.05) is 12.1 Å². The van der Waals surface area contributed by atoms with Gasteiger partial charge in [0.15, 0.2) is 12.4 Å². The fourth-order valence-electron chi connectivity index (χ4n) is 5.48. The predicted octanol–water partition coefficient (Wildman–Crippen LogP) is -7.01. The summed E-state index contributed by atoms with van der Waals surface area (Å²) >= 11 is 0. The Morgan fingerprint density at radius 2 is 1.46 bits per heavy atom. The molecule has 3 aliphatic heterocycles. The second kappa shape index (κ2) is 11.5. The summed E-state index contributed by atoms with van der Waals surface area (Å²) in [7, 11) is 3.29. The molecule has 0 aromatic heterocycles. The molecule has 1 saturated carbocycles. The average Bonchev–Trinajstić information content (AvgIpc) is 3.29. The summed E-state index contributed by atoms with van der Waals surface area (Å²) in [6, 6.07) is -2.12. The molecule has 3 saturated heterocycles. The molecule has 1 spiro atoms. The average molecular weight is 542 g/mol. The quantitative estimate of drug-likeness (QED) is 0.143. The van der Waals surface area contributed by atoms with Crippen LogP contribution in [0.3, 0.4) is 0 Å². The molecule has 12 N–H and O–H groups in total. The van der Waals surface area contributed by atoms with Crippen molar-refractivity contribution in [3.63, 3.8) is 0 Å². The zero-order chi connectivity index (χ0) is 27.2. The minimum atomic E-state index is -2.47. The molecule has 16 heteroatoms. The smallest absolute Gasteiger partial charge is 0.314 e. The summed E-state index contributed by atoms with van der Waals surface area (Å²) in [4.78, 5) is 0. The largest absolute Gasteiger partial charge is 0.395 e. The van der Waals surface area contributed by atoms with Gasteiger partial charge >= 0.3 is 5.97 Å². The molecule has 0 aromatic carbocycles. The van der Waals surface area contributed by atoms with Crippen LogP contribution in [0.1, 0.15) is 6.42 Å². The van der Waals surface area contributed by atoms with Crippen molar-refractivity contribution in [1.29, 1.82) is 0 Å². The molecule has 0 radical (unpaired) electrons. The summed E-state index contributed by atoms with van der Waals surface area (Å²) in [5, 5.41) is 89.3. The third kappa shape index (κ3) is 5.04. The van der Waals surface area contributed by atoms with Crippen LogP contribution >= 0.6 is 0 Å². The third-order valence-electron chi connectivity index (χ3n) is 7.74. The van der Waals surface area contributed by atoms with Crippen LogP contribution in [-0.2, 0) is 23.7 Å². The second-order valence-electron chi connectivity index (χ2n) is 9.95. The highest BCUT2D eigenvalue weighted by Gasteiger charge is 2.67. The van der Waals surface area contributed by atoms with Gasteiger partial charge in [-0.15, -0.1) is 0 Å². The molecule has 16 nitrogen and oxygen atoms in total. The van der Waals surface area contributed by atoms with Gasteiger partial charge in [-0.2, -0.15) is 0 Å². The number of hydrogen-bond acceptors (Lipinski definition) is 16. The fourth-order valence-corrected chi connectivity index (χ4v) is 5.48. The Balaban J connectivity index is 1.63. The highest BCUT2D eigenvalue weighted by molar-refractivity contribution is 5.05. The lowest BCUT2D eigenvalue weighted by atomic mass is 9.83. The van der Waals surface area contributed by atoms with Crippen LogP contribution in [-0.4, -0.2) is 166 Å². The Bertz CT molecular complexity index is 755. The molecule has 4 aliphatic rings. The zero-order valence-corrected chi connectivity index (χ0v) is 20.5. The van der Waals surface area contributed by atoms with Crippen LogP contribution in [0.5, 0.6) is 0 Å². The Labute approximate surface area is 212 Å². The number of hydrogen-bond donors (Lipinski definition) is 11. The molecule has 10 unspecified atom stereocenters. The van der Waals surface area contributed by atoms with Crippen molar-refractivity contribution in [2.45, 2.75) is 104 Å². The Morgan fingerprint density at radius 1 is 0.865 bits per heavy atom. The van der Waals surface area contributed by atoms with E-state index in [1.54, 1.807) is 14.1 Å². The molecular weight excluding hydrogens is 502 g/mol. The summed E-state index contributed by atoms with van der Waals surface area (Å²) in [6.45, 7) is -1.31. The van der Waals surface area contributed by atoms with Gasteiger partial charge in [-0.1, -0.05) is 0 Å². The fraction of sp³-hybridized carbons (Fsp3) is 1.00. The Morgan fingerprint density at radius 3 is 2.00 bits per heavy atom. The summed E-state index contributed by atoms with van der Waals surface area (Å²) in [5.41, 5.74) is 5.81. The number of rotatable bonds is 7. The molecule has 0 bridgehead atoms. The van der Waals surface area contributed by atoms with Gasteiger partial charge in [0.1, 0.15) is 48.8 Å². The topological polar surface area (TPSA) is 258 Å². The second-order valence-corrected chi connectivity index (χ2v) is 9.95. The molecule has 1 aliphatic carbocycles. The van der Waals surface area contributed by atoms with Gasteiger partial charge in [0.05, 0.1) is 31.5 Å². The van der Waals surface area contributed by atoms with Crippen molar-refractivity contribution in [1.82, 2.24) is 10.6 Å². The molecule has 4 fully saturated rings. The van der Waals surface area contributed by atoms with Crippen LogP contribution in [0, 0.1) is 0 Å². The monoisotopic (exact) mass is 541 g/mol. The van der Waals surface area contributed by atoms with Gasteiger partial charge < -0.3 is 80.9 Å². The van der Waals surface area contributed by atoms with Crippen molar-refractivity contribution in [3.8, 4) is 0 Å². The lowest BCUT2D eigenvalue weighted by molar-refractivity contribution is -0.439. The maximum atomic E-state index is 10.9. The van der Waals surface area contributed by atoms with E-state index in [0.29, 0.717) is 6.42 Å². The molecule has 216 valence electrons. The Kier molecular flexibility index (Phi) is 9.09. The van der Waals surface area contributed by atoms with Crippen LogP contribution in [0.2, 0.25) is 0 Å². The van der Waals surface area contributed by atoms with Crippen LogP contribution in [0.25, 0.3) is 0 Å². The maximum absolute atomic E-state index is 10.9. The first-order valence-electron chi connectivity index (χ1n) is 12.3. The van der Waals surface area contributed by atoms with Gasteiger partial charge in [-0.25, -0.2) is 0 Å². The summed E-state index contributed by atoms with van der Waals surface area (Å²) in [6.07, 6.45) is -17.2. The van der Waals surface area contributed by atoms with Gasteiger partial charge in [-0.05, 0) is 20.5 Å². The van der Waals surface area contributed by atoms with E-state index in [4.69, 9.17) is 29.4 Å². The van der Waals surface area contributed by atoms with Crippen molar-refractivity contribution >= 4 is 0 Å². The van der Waals surface area contributed by atoms with Gasteiger partial charge in [0.2, 0.25) is 0 Å². The standard InChI is InChI=1S/C21H39N3O13/c1-23-7-3-8(24-2)11(28)16(10(7)27)34-20-18-17(12(29)9(5-26)33-20)36-21(37-18)19(32)14(31)13(30)15(35-21)6(22)4-25/h6-20,23-32H,3-5,22H2,1-2H3/t6-,7?,8?,9?,10-,11?,12-,13+,14?,15?,16?,17?,18?,19-,20-,21?/m0/s1. The van der Waals surface area contributed by atoms with Gasteiger partial charge in [-0.3, -0.25) is 0 Å². The van der Waals surface area contributed by atoms with Crippen molar-refractivity contribution in [3.05, 3.63) is 0 Å². The highest BCUT2D eigenvalue weighted by Crippen LogP contribution is 2.45. The first-order chi connectivity index (χ1) is 17.5. The molecular formula is C21H39N3O13. The third-order valence-corrected chi connectivity index (χ3v) is 7.74. The van der Waals surface area contributed by atoms with Crippen molar-refractivity contribution in [2.24, 2.45) is 5.73 Å². The summed E-state index contributed by atoms with van der Waals surface area (Å²) < 4.78 is 29.0. The molecule has 16 atom stereocenters. The molecule has 0 aromatic rings. The van der Waals surface area contributed by atoms with E-state index in [-0.39, 0.29) is 0 Å². The molecule has 0 amide bonds. The van der Waals surface area contributed by atoms with Crippen LogP contribution in [0.15, 0.2) is 0 Å². The number of nitrogens with one attached hydrogen (secondary N) is 2. The van der Waals surface area contributed by atoms with E-state index < -0.39 is 111 Å². The number of nitrogens with two attached hydrogens (primary N) is 1. The predicted molar refractivity (Wildman–Crippen MR) is 119 cm³/mol. The molecule has 37 heavy (non-hydrogen) atoms. The number of aliphatic hydroxyl groups is 8. The first-order valence-corrected chi connectivity index (χ1v) is 12.3. The van der Waals surface area contributed by atoms with E-state index >= 15 is 0 Å². The lowest BCUT2D eigenvalue weighted by Crippen LogP contribution is -2.69. The van der Waals surface area contributed by atoms with E-state index in [1.807, 2.05) is 0 Å². The zero-order valence-electron chi connectivity index (χ0n) is 20.5. The highest BCUT2D eigenvalue weighted by atomic mass is 16.9. The van der Waals surface area contributed by atoms with E-state index in [9.17, 15) is 40.9 Å². The molecule has 4 rings (SSSR count). The van der Waals surface area contributed by atoms with Crippen molar-refractivity contribution < 1.29 is 64.5 Å². The van der Waals surface area contributed by atoms with Crippen LogP contribution < -0.4 is 16.4 Å². The lowest BCUT2D eigenvalue weighted by Gasteiger charge is -2.46. The van der Waals surface area contributed by atoms with E-state index in [0.717, 1.165) is 0 Å². The SMILES string of the molecule is CNC1CC(NC)[C@H](O)C(O[C@@H]2OC(CO)[C@H](O)C3OC4(OC32)OC([C@@H](N)CO)[C@H](O)C(O)[C@@H]4O)C1O. The van der Waals surface area contributed by atoms with Crippen molar-refractivity contribution in [2.75, 3.05) is 27.3 Å². The van der Waals surface area contributed by atoms with Crippen LogP contribution in [0.4, 0.5) is 0 Å². The maximum Gasteiger partial charge on any atom is 0.314 e. The number of likely N-dealkylation sites (N-methyl/N-ethyl adjacent to an activating group) is 2. The van der Waals surface area contributed by atoms with Gasteiger partial charge in [0.25, 0.3) is 0 Å². The molecule has 3 heterocycles. The van der Waals surface area contributed by atoms with E-state index in [2.05, 4.69) is 10.6 Å².